The van der Waals surface area contributed by atoms with Crippen LogP contribution in [0.3, 0.4) is 0 Å². The molecule has 0 saturated heterocycles. The van der Waals surface area contributed by atoms with Gasteiger partial charge in [0.25, 0.3) is 0 Å². The van der Waals surface area contributed by atoms with Gasteiger partial charge in [-0.25, -0.2) is 0 Å². The third kappa shape index (κ3) is 1.13. The molecule has 1 atom stereocenters. The van der Waals surface area contributed by atoms with E-state index < -0.39 is 0 Å². The van der Waals surface area contributed by atoms with Crippen LogP contribution in [-0.4, -0.2) is 6.04 Å². The lowest BCUT2D eigenvalue weighted by molar-refractivity contribution is 0.319. The van der Waals surface area contributed by atoms with Crippen LogP contribution in [0, 0.1) is 5.41 Å². The van der Waals surface area contributed by atoms with E-state index in [1.165, 1.54) is 31.2 Å². The molecular formula is C14H19N. The Balaban J connectivity index is 1.99. The van der Waals surface area contributed by atoms with Crippen LogP contribution in [0.4, 0.5) is 0 Å². The average molecular weight is 201 g/mol. The van der Waals surface area contributed by atoms with Gasteiger partial charge in [-0.2, -0.15) is 0 Å². The van der Waals surface area contributed by atoms with Gasteiger partial charge in [-0.3, -0.25) is 0 Å². The summed E-state index contributed by atoms with van der Waals surface area (Å²) in [5.41, 5.74) is 8.61. The van der Waals surface area contributed by atoms with E-state index in [0.717, 1.165) is 0 Å². The zero-order valence-corrected chi connectivity index (χ0v) is 9.37. The van der Waals surface area contributed by atoms with Crippen LogP contribution < -0.4 is 5.73 Å². The minimum atomic E-state index is 0.347. The predicted molar refractivity (Wildman–Crippen MR) is 62.7 cm³/mol. The van der Waals surface area contributed by atoms with Crippen molar-refractivity contribution in [3.05, 3.63) is 35.9 Å². The summed E-state index contributed by atoms with van der Waals surface area (Å²) < 4.78 is 0. The van der Waals surface area contributed by atoms with Gasteiger partial charge < -0.3 is 5.73 Å². The van der Waals surface area contributed by atoms with Gasteiger partial charge in [-0.15, -0.1) is 0 Å². The van der Waals surface area contributed by atoms with Crippen molar-refractivity contribution < 1.29 is 0 Å². The highest BCUT2D eigenvalue weighted by atomic mass is 14.8. The summed E-state index contributed by atoms with van der Waals surface area (Å²) in [5, 5.41) is 0. The lowest BCUT2D eigenvalue weighted by atomic mass is 9.76. The Morgan fingerprint density at radius 3 is 2.07 bits per heavy atom. The fourth-order valence-electron chi connectivity index (χ4n) is 3.46. The quantitative estimate of drug-likeness (QED) is 0.799. The lowest BCUT2D eigenvalue weighted by Gasteiger charge is -2.30. The molecule has 0 radical (unpaired) electrons. The molecule has 3 rings (SSSR count). The highest BCUT2D eigenvalue weighted by Crippen LogP contribution is 2.71. The molecule has 2 N–H and O–H groups in total. The molecule has 0 bridgehead atoms. The normalized spacial score (nSPS) is 27.1. The van der Waals surface area contributed by atoms with Gasteiger partial charge >= 0.3 is 0 Å². The van der Waals surface area contributed by atoms with Gasteiger partial charge in [0.15, 0.2) is 0 Å². The summed E-state index contributed by atoms with van der Waals surface area (Å²) in [7, 11) is 0. The van der Waals surface area contributed by atoms with Gasteiger partial charge in [0, 0.05) is 11.5 Å². The number of benzene rings is 1. The summed E-state index contributed by atoms with van der Waals surface area (Å²) >= 11 is 0. The van der Waals surface area contributed by atoms with Crippen LogP contribution in [-0.2, 0) is 5.41 Å². The Hall–Kier alpha value is -0.820. The standard InChI is InChI=1S/C14H19N/c1-11(15)13(7-8-13)14(9-10-14)12-5-3-2-4-6-12/h2-6,11H,7-10,15H2,1H3. The lowest BCUT2D eigenvalue weighted by Crippen LogP contribution is -2.37. The maximum atomic E-state index is 6.20. The third-order valence-corrected chi connectivity index (χ3v) is 4.69. The van der Waals surface area contributed by atoms with E-state index in [1.807, 2.05) is 0 Å². The Morgan fingerprint density at radius 1 is 1.07 bits per heavy atom. The van der Waals surface area contributed by atoms with E-state index in [-0.39, 0.29) is 0 Å². The number of hydrogen-bond acceptors (Lipinski definition) is 1. The van der Waals surface area contributed by atoms with Crippen LogP contribution in [0.2, 0.25) is 0 Å². The van der Waals surface area contributed by atoms with E-state index in [2.05, 4.69) is 37.3 Å². The SMILES string of the molecule is CC(N)C1(C2(c3ccccc3)CC2)CC1. The number of hydrogen-bond donors (Lipinski definition) is 1. The van der Waals surface area contributed by atoms with Gasteiger partial charge in [0.1, 0.15) is 0 Å². The zero-order chi connectivity index (χ0) is 10.5. The maximum Gasteiger partial charge on any atom is 0.00755 e. The Bertz CT molecular complexity index is 358. The van der Waals surface area contributed by atoms with Crippen molar-refractivity contribution in [1.29, 1.82) is 0 Å². The van der Waals surface area contributed by atoms with E-state index in [1.54, 1.807) is 0 Å². The van der Waals surface area contributed by atoms with E-state index in [9.17, 15) is 0 Å². The van der Waals surface area contributed by atoms with Crippen molar-refractivity contribution in [2.45, 2.75) is 44.1 Å². The molecule has 1 heteroatoms. The average Bonchev–Trinajstić information content (AvgIpc) is 3.12. The summed E-state index contributed by atoms with van der Waals surface area (Å²) in [6.07, 6.45) is 5.36. The van der Waals surface area contributed by atoms with Gasteiger partial charge in [0.05, 0.1) is 0 Å². The molecule has 1 unspecified atom stereocenters. The van der Waals surface area contributed by atoms with E-state index in [4.69, 9.17) is 5.73 Å². The van der Waals surface area contributed by atoms with Crippen molar-refractivity contribution >= 4 is 0 Å². The molecule has 0 heterocycles. The summed E-state index contributed by atoms with van der Waals surface area (Å²) in [5.74, 6) is 0. The minimum Gasteiger partial charge on any atom is -0.327 e. The first-order valence-corrected chi connectivity index (χ1v) is 6.02. The summed E-state index contributed by atoms with van der Waals surface area (Å²) in [6.45, 7) is 2.19. The second kappa shape index (κ2) is 2.85. The molecule has 0 aromatic heterocycles. The largest absolute Gasteiger partial charge is 0.327 e. The maximum absolute atomic E-state index is 6.20. The predicted octanol–water partition coefficient (Wildman–Crippen LogP) is 2.85. The first-order chi connectivity index (χ1) is 7.21. The highest BCUT2D eigenvalue weighted by Gasteiger charge is 2.67. The molecule has 0 amide bonds. The molecule has 1 aromatic carbocycles. The topological polar surface area (TPSA) is 26.0 Å². The van der Waals surface area contributed by atoms with Crippen LogP contribution >= 0.6 is 0 Å². The van der Waals surface area contributed by atoms with Crippen molar-refractivity contribution in [1.82, 2.24) is 0 Å². The fourth-order valence-corrected chi connectivity index (χ4v) is 3.46. The Labute approximate surface area is 91.7 Å². The fraction of sp³-hybridized carbons (Fsp3) is 0.571. The number of rotatable bonds is 3. The Kier molecular flexibility index (Phi) is 1.79. The zero-order valence-electron chi connectivity index (χ0n) is 9.37. The molecule has 1 nitrogen and oxygen atoms in total. The summed E-state index contributed by atoms with van der Waals surface area (Å²) in [4.78, 5) is 0. The van der Waals surface area contributed by atoms with Crippen molar-refractivity contribution in [2.75, 3.05) is 0 Å². The second-order valence-electron chi connectivity index (χ2n) is 5.39. The molecule has 15 heavy (non-hydrogen) atoms. The molecule has 2 saturated carbocycles. The molecule has 80 valence electrons. The molecule has 0 spiro atoms. The van der Waals surface area contributed by atoms with Gasteiger partial charge in [-0.1, -0.05) is 30.3 Å². The van der Waals surface area contributed by atoms with Crippen LogP contribution in [0.15, 0.2) is 30.3 Å². The van der Waals surface area contributed by atoms with E-state index in [0.29, 0.717) is 16.9 Å². The highest BCUT2D eigenvalue weighted by molar-refractivity contribution is 5.38. The smallest absolute Gasteiger partial charge is 0.00755 e. The molecule has 2 aliphatic carbocycles. The third-order valence-electron chi connectivity index (χ3n) is 4.69. The summed E-state index contributed by atoms with van der Waals surface area (Å²) in [6, 6.07) is 11.3. The molecule has 1 aromatic rings. The first-order valence-electron chi connectivity index (χ1n) is 6.02. The second-order valence-corrected chi connectivity index (χ2v) is 5.39. The molecule has 2 aliphatic rings. The van der Waals surface area contributed by atoms with Crippen molar-refractivity contribution in [3.63, 3.8) is 0 Å². The minimum absolute atomic E-state index is 0.347. The molecular weight excluding hydrogens is 182 g/mol. The van der Waals surface area contributed by atoms with Crippen LogP contribution in [0.5, 0.6) is 0 Å². The van der Waals surface area contributed by atoms with Gasteiger partial charge in [-0.05, 0) is 43.6 Å². The Morgan fingerprint density at radius 2 is 1.67 bits per heavy atom. The van der Waals surface area contributed by atoms with Crippen molar-refractivity contribution in [2.24, 2.45) is 11.1 Å². The van der Waals surface area contributed by atoms with Crippen LogP contribution in [0.25, 0.3) is 0 Å². The van der Waals surface area contributed by atoms with Crippen LogP contribution in [0.1, 0.15) is 38.2 Å². The van der Waals surface area contributed by atoms with Crippen molar-refractivity contribution in [3.8, 4) is 0 Å². The van der Waals surface area contributed by atoms with E-state index >= 15 is 0 Å². The number of nitrogens with two attached hydrogens (primary N) is 1. The molecule has 0 aliphatic heterocycles. The first kappa shape index (κ1) is 9.41. The monoisotopic (exact) mass is 201 g/mol. The van der Waals surface area contributed by atoms with Gasteiger partial charge in [0.2, 0.25) is 0 Å². The molecule has 2 fully saturated rings.